The lowest BCUT2D eigenvalue weighted by molar-refractivity contribution is -0.138. The number of amides is 3. The normalized spacial score (nSPS) is 15.0. The first-order chi connectivity index (χ1) is 23.0. The van der Waals surface area contributed by atoms with Gasteiger partial charge in [0.15, 0.2) is 5.96 Å². The summed E-state index contributed by atoms with van der Waals surface area (Å²) in [6.07, 6.45) is 1.36. The first-order valence-corrected chi connectivity index (χ1v) is 17.0. The van der Waals surface area contributed by atoms with Gasteiger partial charge in [0.1, 0.15) is 18.9 Å². The highest BCUT2D eigenvalue weighted by molar-refractivity contribution is 7.89. The molecule has 0 aromatic heterocycles. The van der Waals surface area contributed by atoms with Crippen molar-refractivity contribution in [3.05, 3.63) is 72.3 Å². The highest BCUT2D eigenvalue weighted by Gasteiger charge is 2.35. The largest absolute Gasteiger partial charge is 0.444 e. The third-order valence-electron chi connectivity index (χ3n) is 7.85. The first-order valence-electron chi connectivity index (χ1n) is 15.5. The lowest BCUT2D eigenvalue weighted by atomic mass is 10.1. The molecule has 0 radical (unpaired) electrons. The van der Waals surface area contributed by atoms with E-state index in [-0.39, 0.29) is 37.0 Å². The predicted molar refractivity (Wildman–Crippen MR) is 181 cm³/mol. The van der Waals surface area contributed by atoms with Crippen molar-refractivity contribution >= 4 is 56.6 Å². The van der Waals surface area contributed by atoms with Crippen LogP contribution in [0.2, 0.25) is 0 Å². The highest BCUT2D eigenvalue weighted by atomic mass is 32.2. The molecular formula is C33H41N7O7S. The number of nitrogens with zero attached hydrogens (tertiary/aromatic N) is 2. The van der Waals surface area contributed by atoms with Crippen LogP contribution in [0.3, 0.4) is 0 Å². The maximum absolute atomic E-state index is 13.3. The number of sulfonamides is 1. The van der Waals surface area contributed by atoms with Crippen LogP contribution in [0.1, 0.15) is 31.2 Å². The van der Waals surface area contributed by atoms with Crippen LogP contribution in [-0.4, -0.2) is 89.3 Å². The van der Waals surface area contributed by atoms with Gasteiger partial charge < -0.3 is 30.0 Å². The molecule has 14 nitrogen and oxygen atoms in total. The number of carbonyl (C=O) groups excluding carboxylic acids is 4. The van der Waals surface area contributed by atoms with E-state index >= 15 is 0 Å². The second kappa shape index (κ2) is 16.7. The minimum Gasteiger partial charge on any atom is -0.444 e. The van der Waals surface area contributed by atoms with Crippen LogP contribution in [0.15, 0.2) is 71.6 Å². The fraction of sp³-hybridized carbons (Fsp3) is 0.364. The molecule has 0 saturated carbocycles. The lowest BCUT2D eigenvalue weighted by Gasteiger charge is -2.25. The van der Waals surface area contributed by atoms with Gasteiger partial charge in [-0.25, -0.2) is 17.9 Å². The van der Waals surface area contributed by atoms with E-state index in [1.165, 1.54) is 11.0 Å². The molecule has 1 fully saturated rings. The third-order valence-corrected chi connectivity index (χ3v) is 9.30. The molecule has 3 aromatic carbocycles. The second-order valence-electron chi connectivity index (χ2n) is 11.5. The van der Waals surface area contributed by atoms with E-state index in [0.717, 1.165) is 16.6 Å². The van der Waals surface area contributed by atoms with E-state index in [1.54, 1.807) is 30.3 Å². The monoisotopic (exact) mass is 679 g/mol. The van der Waals surface area contributed by atoms with Gasteiger partial charge in [-0.3, -0.25) is 20.3 Å². The summed E-state index contributed by atoms with van der Waals surface area (Å²) in [5.74, 6) is -1.32. The minimum atomic E-state index is -4.07. The van der Waals surface area contributed by atoms with Crippen LogP contribution in [0, 0.1) is 5.41 Å². The van der Waals surface area contributed by atoms with E-state index in [1.807, 2.05) is 49.3 Å². The Balaban J connectivity index is 1.23. The van der Waals surface area contributed by atoms with Crippen molar-refractivity contribution < 1.29 is 32.3 Å². The zero-order valence-electron chi connectivity index (χ0n) is 26.9. The zero-order chi connectivity index (χ0) is 34.7. The van der Waals surface area contributed by atoms with Gasteiger partial charge in [0.05, 0.1) is 17.5 Å². The fourth-order valence-corrected chi connectivity index (χ4v) is 6.65. The summed E-state index contributed by atoms with van der Waals surface area (Å²) in [6.45, 7) is 0.0405. The van der Waals surface area contributed by atoms with Crippen LogP contribution in [-0.2, 0) is 35.8 Å². The van der Waals surface area contributed by atoms with E-state index in [9.17, 15) is 27.6 Å². The summed E-state index contributed by atoms with van der Waals surface area (Å²) in [6, 6.07) is 17.7. The summed E-state index contributed by atoms with van der Waals surface area (Å²) in [4.78, 5) is 53.1. The maximum atomic E-state index is 13.3. The van der Waals surface area contributed by atoms with Gasteiger partial charge in [-0.2, -0.15) is 0 Å². The van der Waals surface area contributed by atoms with Gasteiger partial charge in [-0.1, -0.05) is 54.6 Å². The highest BCUT2D eigenvalue weighted by Crippen LogP contribution is 2.30. The average molecular weight is 680 g/mol. The maximum Gasteiger partial charge on any atom is 0.414 e. The molecule has 0 spiro atoms. The number of guanidine groups is 1. The molecule has 0 aliphatic carbocycles. The van der Waals surface area contributed by atoms with Gasteiger partial charge in [0.2, 0.25) is 21.8 Å². The number of nitrogens with one attached hydrogen (secondary N) is 5. The zero-order valence-corrected chi connectivity index (χ0v) is 27.7. The van der Waals surface area contributed by atoms with E-state index < -0.39 is 46.6 Å². The second-order valence-corrected chi connectivity index (χ2v) is 13.2. The Morgan fingerprint density at radius 2 is 1.77 bits per heavy atom. The quantitative estimate of drug-likeness (QED) is 0.0735. The Labute approximate surface area is 279 Å². The molecule has 256 valence electrons. The summed E-state index contributed by atoms with van der Waals surface area (Å²) in [7, 11) is -0.335. The standard InChI is InChI=1S/C33H41N7O7S/c1-39(2)27-15-6-14-26-25(27)13-7-17-29(26)48(45,46)36-20-30(42)40-19-9-16-28(40)31(43)37-24(21-41)12-8-18-35-32(34)38-33(44)47-22-23-10-4-3-5-11-23/h3-7,10-11,13-15,17,21,24,28,36H,8-9,12,16,18-20,22H2,1-2H3,(H,37,43)(H3,34,35,38,44)/t24-,28-/m0/s1. The number of fused-ring (bicyclic) bond motifs is 1. The molecule has 4 rings (SSSR count). The minimum absolute atomic E-state index is 0.0458. The molecule has 5 N–H and O–H groups in total. The number of rotatable bonds is 14. The molecule has 15 heteroatoms. The van der Waals surface area contributed by atoms with Gasteiger partial charge in [-0.05, 0) is 43.4 Å². The molecule has 1 aliphatic heterocycles. The third kappa shape index (κ3) is 9.51. The average Bonchev–Trinajstić information content (AvgIpc) is 3.58. The summed E-state index contributed by atoms with van der Waals surface area (Å²) in [5.41, 5.74) is 1.66. The summed E-state index contributed by atoms with van der Waals surface area (Å²) in [5, 5.41) is 16.8. The smallest absolute Gasteiger partial charge is 0.414 e. The van der Waals surface area contributed by atoms with Gasteiger partial charge in [0.25, 0.3) is 0 Å². The molecule has 48 heavy (non-hydrogen) atoms. The van der Waals surface area contributed by atoms with E-state index in [2.05, 4.69) is 20.7 Å². The number of anilines is 1. The van der Waals surface area contributed by atoms with Crippen molar-refractivity contribution in [1.29, 1.82) is 5.41 Å². The molecule has 1 heterocycles. The number of hydrogen-bond acceptors (Lipinski definition) is 9. The van der Waals surface area contributed by atoms with Crippen LogP contribution in [0.4, 0.5) is 10.5 Å². The van der Waals surface area contributed by atoms with Crippen molar-refractivity contribution in [2.45, 2.75) is 49.3 Å². The lowest BCUT2D eigenvalue weighted by Crippen LogP contribution is -2.51. The molecule has 3 amide bonds. The Morgan fingerprint density at radius 3 is 2.50 bits per heavy atom. The SMILES string of the molecule is CN(C)c1cccc2c(S(=O)(=O)NCC(=O)N3CCC[C@H]3C(=O)N[C@H](C=O)CCCNC(=N)NC(=O)OCc3ccccc3)cccc12. The Kier molecular flexibility index (Phi) is 12.5. The van der Waals surface area contributed by atoms with Crippen molar-refractivity contribution in [2.75, 3.05) is 38.6 Å². The van der Waals surface area contributed by atoms with Gasteiger partial charge in [-0.15, -0.1) is 0 Å². The number of benzene rings is 3. The van der Waals surface area contributed by atoms with Crippen LogP contribution in [0.5, 0.6) is 0 Å². The Bertz CT molecular complexity index is 1730. The molecule has 1 saturated heterocycles. The number of hydrogen-bond donors (Lipinski definition) is 5. The molecular weight excluding hydrogens is 638 g/mol. The Hall–Kier alpha value is -5.02. The van der Waals surface area contributed by atoms with Crippen molar-refractivity contribution in [3.63, 3.8) is 0 Å². The summed E-state index contributed by atoms with van der Waals surface area (Å²) >= 11 is 0. The predicted octanol–water partition coefficient (Wildman–Crippen LogP) is 2.09. The topological polar surface area (TPSA) is 190 Å². The van der Waals surface area contributed by atoms with Crippen LogP contribution in [0.25, 0.3) is 10.8 Å². The molecule has 1 aliphatic rings. The van der Waals surface area contributed by atoms with Gasteiger partial charge >= 0.3 is 6.09 Å². The van der Waals surface area contributed by atoms with E-state index in [0.29, 0.717) is 30.9 Å². The summed E-state index contributed by atoms with van der Waals surface area (Å²) < 4.78 is 34.0. The Morgan fingerprint density at radius 1 is 1.04 bits per heavy atom. The van der Waals surface area contributed by atoms with Crippen LogP contribution >= 0.6 is 0 Å². The van der Waals surface area contributed by atoms with Crippen molar-refractivity contribution in [3.8, 4) is 0 Å². The number of alkyl carbamates (subject to hydrolysis) is 1. The number of likely N-dealkylation sites (tertiary alicyclic amines) is 1. The molecule has 2 atom stereocenters. The molecule has 0 unspecified atom stereocenters. The van der Waals surface area contributed by atoms with E-state index in [4.69, 9.17) is 10.1 Å². The van der Waals surface area contributed by atoms with Crippen LogP contribution < -0.4 is 25.6 Å². The fourth-order valence-electron chi connectivity index (χ4n) is 5.46. The van der Waals surface area contributed by atoms with Crippen molar-refractivity contribution in [2.24, 2.45) is 0 Å². The number of carbonyl (C=O) groups is 4. The van der Waals surface area contributed by atoms with Gasteiger partial charge in [0, 0.05) is 43.6 Å². The number of ether oxygens (including phenoxy) is 1. The number of aldehydes is 1. The van der Waals surface area contributed by atoms with Crippen molar-refractivity contribution in [1.82, 2.24) is 25.6 Å². The molecule has 0 bridgehead atoms. The molecule has 3 aromatic rings. The first kappa shape index (κ1) is 35.8.